The van der Waals surface area contributed by atoms with E-state index in [1.165, 1.54) is 10.4 Å². The Labute approximate surface area is 107 Å². The highest BCUT2D eigenvalue weighted by atomic mass is 32.1. The van der Waals surface area contributed by atoms with Gasteiger partial charge in [-0.15, -0.1) is 11.3 Å². The summed E-state index contributed by atoms with van der Waals surface area (Å²) in [6, 6.07) is 0. The van der Waals surface area contributed by atoms with E-state index in [-0.39, 0.29) is 10.3 Å². The first-order valence-corrected chi connectivity index (χ1v) is 6.85. The van der Waals surface area contributed by atoms with Gasteiger partial charge in [0, 0.05) is 4.88 Å². The monoisotopic (exact) mass is 267 g/mol. The lowest BCUT2D eigenvalue weighted by Gasteiger charge is -2.17. The summed E-state index contributed by atoms with van der Waals surface area (Å²) < 4.78 is 1.32. The summed E-state index contributed by atoms with van der Waals surface area (Å²) in [4.78, 5) is 17.4. The van der Waals surface area contributed by atoms with Gasteiger partial charge in [-0.2, -0.15) is 4.68 Å². The Balaban J connectivity index is 2.41. The minimum Gasteiger partial charge on any atom is -0.334 e. The Morgan fingerprint density at radius 1 is 1.59 bits per heavy atom. The summed E-state index contributed by atoms with van der Waals surface area (Å²) in [6.45, 7) is 2.25. The van der Waals surface area contributed by atoms with Gasteiger partial charge in [-0.3, -0.25) is 4.79 Å². The maximum Gasteiger partial charge on any atom is 0.281 e. The quantitative estimate of drug-likeness (QED) is 0.566. The van der Waals surface area contributed by atoms with Crippen LogP contribution in [0.2, 0.25) is 0 Å². The molecule has 0 radical (unpaired) electrons. The minimum atomic E-state index is -0.171. The zero-order valence-electron chi connectivity index (χ0n) is 9.45. The van der Waals surface area contributed by atoms with Crippen molar-refractivity contribution in [2.75, 3.05) is 5.84 Å². The SMILES string of the molecule is CC1CCc2c(sc3[nH]c(=S)n(N)c(=O)c23)C1. The highest BCUT2D eigenvalue weighted by Crippen LogP contribution is 2.35. The van der Waals surface area contributed by atoms with Crippen LogP contribution in [-0.2, 0) is 12.8 Å². The van der Waals surface area contributed by atoms with Gasteiger partial charge in [0.25, 0.3) is 5.56 Å². The molecule has 90 valence electrons. The molecule has 2 heterocycles. The molecule has 0 bridgehead atoms. The van der Waals surface area contributed by atoms with E-state index in [9.17, 15) is 4.79 Å². The lowest BCUT2D eigenvalue weighted by molar-refractivity contribution is 0.509. The average Bonchev–Trinajstić information content (AvgIpc) is 2.63. The van der Waals surface area contributed by atoms with Crippen LogP contribution in [0, 0.1) is 10.7 Å². The molecule has 3 rings (SSSR count). The molecule has 0 aliphatic heterocycles. The second-order valence-corrected chi connectivity index (χ2v) is 6.15. The molecule has 17 heavy (non-hydrogen) atoms. The second kappa shape index (κ2) is 3.68. The van der Waals surface area contributed by atoms with Crippen molar-refractivity contribution in [3.63, 3.8) is 0 Å². The molecule has 1 aliphatic rings. The van der Waals surface area contributed by atoms with Crippen molar-refractivity contribution in [1.82, 2.24) is 9.66 Å². The topological polar surface area (TPSA) is 63.8 Å². The molecule has 2 aromatic rings. The van der Waals surface area contributed by atoms with Crippen molar-refractivity contribution >= 4 is 33.8 Å². The molecule has 1 atom stereocenters. The number of H-pyrrole nitrogens is 1. The van der Waals surface area contributed by atoms with Gasteiger partial charge >= 0.3 is 0 Å². The molecular formula is C11H13N3OS2. The fourth-order valence-corrected chi connectivity index (χ4v) is 4.09. The van der Waals surface area contributed by atoms with E-state index in [0.717, 1.165) is 34.2 Å². The number of aromatic amines is 1. The van der Waals surface area contributed by atoms with E-state index in [0.29, 0.717) is 5.92 Å². The van der Waals surface area contributed by atoms with Gasteiger partial charge in [0.15, 0.2) is 4.77 Å². The number of thiophene rings is 1. The van der Waals surface area contributed by atoms with Crippen LogP contribution in [0.15, 0.2) is 4.79 Å². The van der Waals surface area contributed by atoms with Crippen molar-refractivity contribution in [2.24, 2.45) is 5.92 Å². The minimum absolute atomic E-state index is 0.171. The first-order valence-electron chi connectivity index (χ1n) is 5.62. The largest absolute Gasteiger partial charge is 0.334 e. The van der Waals surface area contributed by atoms with E-state index in [1.54, 1.807) is 11.3 Å². The third-order valence-corrected chi connectivity index (χ3v) is 4.85. The Kier molecular flexibility index (Phi) is 2.38. The maximum atomic E-state index is 12.1. The van der Waals surface area contributed by atoms with Gasteiger partial charge in [0.2, 0.25) is 0 Å². The van der Waals surface area contributed by atoms with Crippen LogP contribution >= 0.6 is 23.6 Å². The first kappa shape index (κ1) is 11.0. The number of nitrogens with zero attached hydrogens (tertiary/aromatic N) is 1. The molecule has 0 saturated carbocycles. The third-order valence-electron chi connectivity index (χ3n) is 3.38. The maximum absolute atomic E-state index is 12.1. The average molecular weight is 267 g/mol. The predicted molar refractivity (Wildman–Crippen MR) is 72.6 cm³/mol. The van der Waals surface area contributed by atoms with Crippen LogP contribution in [0.1, 0.15) is 23.8 Å². The first-order chi connectivity index (χ1) is 8.08. The van der Waals surface area contributed by atoms with Gasteiger partial charge in [-0.05, 0) is 43.0 Å². The van der Waals surface area contributed by atoms with Crippen molar-refractivity contribution in [2.45, 2.75) is 26.2 Å². The third kappa shape index (κ3) is 1.55. The molecule has 0 saturated heterocycles. The van der Waals surface area contributed by atoms with E-state index < -0.39 is 0 Å². The predicted octanol–water partition coefficient (Wildman–Crippen LogP) is 1.96. The van der Waals surface area contributed by atoms with Crippen molar-refractivity contribution in [3.05, 3.63) is 25.6 Å². The number of aryl methyl sites for hydroxylation is 1. The molecular weight excluding hydrogens is 254 g/mol. The Morgan fingerprint density at radius 3 is 3.12 bits per heavy atom. The van der Waals surface area contributed by atoms with E-state index in [1.807, 2.05) is 0 Å². The number of nitrogens with two attached hydrogens (primary N) is 1. The highest BCUT2D eigenvalue weighted by Gasteiger charge is 2.22. The van der Waals surface area contributed by atoms with E-state index in [4.69, 9.17) is 18.1 Å². The molecule has 1 aliphatic carbocycles. The molecule has 6 heteroatoms. The molecule has 0 spiro atoms. The van der Waals surface area contributed by atoms with Crippen molar-refractivity contribution < 1.29 is 0 Å². The lowest BCUT2D eigenvalue weighted by atomic mass is 9.89. The van der Waals surface area contributed by atoms with Crippen LogP contribution in [0.4, 0.5) is 0 Å². The van der Waals surface area contributed by atoms with Crippen molar-refractivity contribution in [1.29, 1.82) is 0 Å². The number of nitrogens with one attached hydrogen (secondary N) is 1. The fraction of sp³-hybridized carbons (Fsp3) is 0.455. The second-order valence-electron chi connectivity index (χ2n) is 4.66. The summed E-state index contributed by atoms with van der Waals surface area (Å²) in [6.07, 6.45) is 3.16. The highest BCUT2D eigenvalue weighted by molar-refractivity contribution is 7.71. The summed E-state index contributed by atoms with van der Waals surface area (Å²) in [7, 11) is 0. The molecule has 4 nitrogen and oxygen atoms in total. The van der Waals surface area contributed by atoms with Gasteiger partial charge in [0.1, 0.15) is 4.83 Å². The lowest BCUT2D eigenvalue weighted by Crippen LogP contribution is -2.29. The number of hydrogen-bond acceptors (Lipinski definition) is 4. The van der Waals surface area contributed by atoms with E-state index >= 15 is 0 Å². The zero-order valence-corrected chi connectivity index (χ0v) is 11.1. The summed E-state index contributed by atoms with van der Waals surface area (Å²) in [5.74, 6) is 6.33. The van der Waals surface area contributed by atoms with Gasteiger partial charge in [-0.25, -0.2) is 0 Å². The fourth-order valence-electron chi connectivity index (χ4n) is 2.44. The smallest absolute Gasteiger partial charge is 0.281 e. The van der Waals surface area contributed by atoms with E-state index in [2.05, 4.69) is 11.9 Å². The molecule has 0 amide bonds. The normalized spacial score (nSPS) is 19.5. The Hall–Kier alpha value is -1.14. The van der Waals surface area contributed by atoms with Crippen LogP contribution in [-0.4, -0.2) is 9.66 Å². The molecule has 0 fully saturated rings. The molecule has 2 aromatic heterocycles. The van der Waals surface area contributed by atoms with Crippen LogP contribution < -0.4 is 11.4 Å². The van der Waals surface area contributed by atoms with Crippen LogP contribution in [0.5, 0.6) is 0 Å². The Bertz CT molecular complexity index is 710. The van der Waals surface area contributed by atoms with Gasteiger partial charge < -0.3 is 10.8 Å². The summed E-state index contributed by atoms with van der Waals surface area (Å²) in [5, 5.41) is 0.744. The number of rotatable bonds is 0. The molecule has 3 N–H and O–H groups in total. The molecule has 0 aromatic carbocycles. The number of fused-ring (bicyclic) bond motifs is 3. The summed E-state index contributed by atoms with van der Waals surface area (Å²) >= 11 is 6.67. The number of nitrogen functional groups attached to an aromatic ring is 1. The zero-order chi connectivity index (χ0) is 12.2. The number of hydrogen-bond donors (Lipinski definition) is 2. The van der Waals surface area contributed by atoms with Gasteiger partial charge in [-0.1, -0.05) is 6.92 Å². The molecule has 1 unspecified atom stereocenters. The summed E-state index contributed by atoms with van der Waals surface area (Å²) in [5.41, 5.74) is 1.01. The van der Waals surface area contributed by atoms with Crippen LogP contribution in [0.25, 0.3) is 10.2 Å². The van der Waals surface area contributed by atoms with Crippen molar-refractivity contribution in [3.8, 4) is 0 Å². The van der Waals surface area contributed by atoms with Crippen LogP contribution in [0.3, 0.4) is 0 Å². The van der Waals surface area contributed by atoms with Gasteiger partial charge in [0.05, 0.1) is 5.39 Å². The standard InChI is InChI=1S/C11H13N3OS2/c1-5-2-3-6-7(4-5)17-9-8(6)10(15)14(12)11(16)13-9/h5H,2-4,12H2,1H3,(H,13,16). The Morgan fingerprint density at radius 2 is 2.35 bits per heavy atom. The number of aromatic nitrogens is 2.